The molecule has 0 saturated heterocycles. The lowest BCUT2D eigenvalue weighted by Crippen LogP contribution is -2.35. The minimum absolute atomic E-state index is 0.154. The molecule has 2 aromatic carbocycles. The molecule has 154 valence electrons. The van der Waals surface area contributed by atoms with E-state index >= 15 is 0 Å². The molecule has 29 heavy (non-hydrogen) atoms. The number of nitrogens with zero attached hydrogens (tertiary/aromatic N) is 3. The number of ether oxygens (including phenoxy) is 2. The molecule has 14 heteroatoms. The highest BCUT2D eigenvalue weighted by Crippen LogP contribution is 2.37. The Morgan fingerprint density at radius 1 is 1.10 bits per heavy atom. The molecule has 0 amide bonds. The van der Waals surface area contributed by atoms with Crippen LogP contribution in [-0.4, -0.2) is 24.3 Å². The highest BCUT2D eigenvalue weighted by atomic mass is 19.2. The topological polar surface area (TPSA) is 124 Å². The summed E-state index contributed by atoms with van der Waals surface area (Å²) >= 11 is 0. The molecule has 9 nitrogen and oxygen atoms in total. The van der Waals surface area contributed by atoms with Gasteiger partial charge in [0.05, 0.1) is 13.3 Å². The van der Waals surface area contributed by atoms with Crippen LogP contribution in [0.1, 0.15) is 5.56 Å². The van der Waals surface area contributed by atoms with Crippen LogP contribution in [0.2, 0.25) is 0 Å². The highest BCUT2D eigenvalue weighted by molar-refractivity contribution is 5.82. The Kier molecular flexibility index (Phi) is 6.48. The molecule has 0 aromatic heterocycles. The van der Waals surface area contributed by atoms with Crippen molar-refractivity contribution in [3.05, 3.63) is 63.0 Å². The second-order valence-electron chi connectivity index (χ2n) is 5.01. The number of benzene rings is 2. The fourth-order valence-electron chi connectivity index (χ4n) is 1.91. The number of halogens is 5. The Morgan fingerprint density at radius 3 is 2.24 bits per heavy atom. The Balaban J connectivity index is 2.32. The van der Waals surface area contributed by atoms with Crippen molar-refractivity contribution >= 4 is 12.2 Å². The van der Waals surface area contributed by atoms with Crippen LogP contribution in [0, 0.1) is 39.2 Å². The van der Waals surface area contributed by atoms with E-state index in [4.69, 9.17) is 15.2 Å². The molecule has 0 heterocycles. The number of hydrazine groups is 1. The van der Waals surface area contributed by atoms with E-state index in [-0.39, 0.29) is 17.1 Å². The van der Waals surface area contributed by atoms with Crippen LogP contribution >= 0.6 is 0 Å². The molecule has 0 aliphatic carbocycles. The third-order valence-electron chi connectivity index (χ3n) is 3.15. The number of hydrogen-bond acceptors (Lipinski definition) is 6. The van der Waals surface area contributed by atoms with Gasteiger partial charge in [-0.15, -0.1) is 5.10 Å². The number of guanidine groups is 1. The zero-order valence-corrected chi connectivity index (χ0v) is 14.3. The van der Waals surface area contributed by atoms with Crippen molar-refractivity contribution < 1.29 is 36.5 Å². The molecule has 0 spiro atoms. The summed E-state index contributed by atoms with van der Waals surface area (Å²) in [5.41, 5.74) is 6.96. The van der Waals surface area contributed by atoms with Gasteiger partial charge in [0.1, 0.15) is 0 Å². The van der Waals surface area contributed by atoms with Gasteiger partial charge in [0, 0.05) is 0 Å². The predicted octanol–water partition coefficient (Wildman–Crippen LogP) is 2.61. The molecule has 0 unspecified atom stereocenters. The first-order valence-corrected chi connectivity index (χ1v) is 7.30. The summed E-state index contributed by atoms with van der Waals surface area (Å²) in [6.45, 7) is 0. The molecule has 0 aliphatic rings. The van der Waals surface area contributed by atoms with E-state index in [1.807, 2.05) is 0 Å². The average Bonchev–Trinajstić information content (AvgIpc) is 2.68. The zero-order chi connectivity index (χ0) is 21.7. The fourth-order valence-corrected chi connectivity index (χ4v) is 1.91. The molecule has 0 atom stereocenters. The number of nitro groups is 1. The normalized spacial score (nSPS) is 11.6. The minimum Gasteiger partial charge on any atom is -0.493 e. The maximum atomic E-state index is 13.7. The summed E-state index contributed by atoms with van der Waals surface area (Å²) in [4.78, 5) is 10.2. The van der Waals surface area contributed by atoms with E-state index in [1.54, 1.807) is 5.43 Å². The van der Waals surface area contributed by atoms with Crippen LogP contribution in [-0.2, 0) is 0 Å². The van der Waals surface area contributed by atoms with Crippen LogP contribution < -0.4 is 20.6 Å². The van der Waals surface area contributed by atoms with Crippen molar-refractivity contribution in [3.8, 4) is 17.2 Å². The van der Waals surface area contributed by atoms with E-state index in [9.17, 15) is 32.1 Å². The maximum Gasteiger partial charge on any atom is 0.275 e. The standard InChI is InChI=1S/C15H10F5N5O4/c1-28-8-4-6(5-22-23-15(21)24-25(26)27)2-3-7(8)29-14-12(19)10(17)9(16)11(18)13(14)20/h2-5H,1H3,(H3,21,23,24)/b22-5-. The number of methoxy groups -OCH3 is 1. The fraction of sp³-hybridized carbons (Fsp3) is 0.0667. The van der Waals surface area contributed by atoms with Crippen LogP contribution in [0.5, 0.6) is 17.2 Å². The first kappa shape index (κ1) is 21.3. The lowest BCUT2D eigenvalue weighted by Gasteiger charge is -2.13. The molecule has 0 radical (unpaired) electrons. The van der Waals surface area contributed by atoms with Gasteiger partial charge in [0.25, 0.3) is 5.96 Å². The molecule has 2 rings (SSSR count). The van der Waals surface area contributed by atoms with Crippen molar-refractivity contribution in [1.29, 1.82) is 0 Å². The molecule has 0 fully saturated rings. The highest BCUT2D eigenvalue weighted by Gasteiger charge is 2.28. The van der Waals surface area contributed by atoms with E-state index in [1.165, 1.54) is 12.1 Å². The first-order valence-electron chi connectivity index (χ1n) is 7.30. The molecule has 0 bridgehead atoms. The average molecular weight is 419 g/mol. The van der Waals surface area contributed by atoms with Gasteiger partial charge >= 0.3 is 0 Å². The predicted molar refractivity (Wildman–Crippen MR) is 88.6 cm³/mol. The number of nitrogens with two attached hydrogens (primary N) is 1. The van der Waals surface area contributed by atoms with E-state index in [2.05, 4.69) is 10.2 Å². The quantitative estimate of drug-likeness (QED) is 0.141. The number of hydrogen-bond donors (Lipinski definition) is 2. The monoisotopic (exact) mass is 419 g/mol. The summed E-state index contributed by atoms with van der Waals surface area (Å²) in [7, 11) is 1.15. The number of nitrogens with one attached hydrogen (secondary N) is 1. The van der Waals surface area contributed by atoms with Crippen molar-refractivity contribution in [1.82, 2.24) is 5.43 Å². The summed E-state index contributed by atoms with van der Waals surface area (Å²) in [6.07, 6.45) is 1.08. The van der Waals surface area contributed by atoms with Gasteiger partial charge in [0.15, 0.2) is 16.5 Å². The molecular weight excluding hydrogens is 409 g/mol. The van der Waals surface area contributed by atoms with Crippen LogP contribution in [0.4, 0.5) is 22.0 Å². The van der Waals surface area contributed by atoms with E-state index in [0.717, 1.165) is 19.4 Å². The van der Waals surface area contributed by atoms with Gasteiger partial charge < -0.3 is 15.2 Å². The van der Waals surface area contributed by atoms with Crippen molar-refractivity contribution in [2.75, 3.05) is 7.11 Å². The molecule has 0 saturated carbocycles. The Labute approximate surface area is 158 Å². The van der Waals surface area contributed by atoms with Gasteiger partial charge in [-0.05, 0) is 23.8 Å². The third kappa shape index (κ3) is 4.85. The molecule has 2 aromatic rings. The van der Waals surface area contributed by atoms with Crippen LogP contribution in [0.25, 0.3) is 0 Å². The van der Waals surface area contributed by atoms with Gasteiger partial charge in [-0.3, -0.25) is 0 Å². The third-order valence-corrected chi connectivity index (χ3v) is 3.15. The van der Waals surface area contributed by atoms with Gasteiger partial charge in [0.2, 0.25) is 34.8 Å². The van der Waals surface area contributed by atoms with Crippen molar-refractivity contribution in [2.45, 2.75) is 0 Å². The van der Waals surface area contributed by atoms with E-state index < -0.39 is 45.8 Å². The Bertz CT molecular complexity index is 986. The summed E-state index contributed by atoms with van der Waals surface area (Å²) < 4.78 is 76.9. The van der Waals surface area contributed by atoms with Crippen molar-refractivity contribution in [2.24, 2.45) is 15.9 Å². The van der Waals surface area contributed by atoms with Crippen molar-refractivity contribution in [3.63, 3.8) is 0 Å². The zero-order valence-electron chi connectivity index (χ0n) is 14.3. The second kappa shape index (κ2) is 8.81. The molecular formula is C15H10F5N5O4. The summed E-state index contributed by atoms with van der Waals surface area (Å²) in [5.74, 6) is -13.6. The lowest BCUT2D eigenvalue weighted by molar-refractivity contribution is -0.525. The SMILES string of the molecule is COc1cc(/C=N\N=C(N)N[N+](=O)[O-])ccc1Oc1c(F)c(F)c(F)c(F)c1F. The molecule has 3 N–H and O–H groups in total. The van der Waals surface area contributed by atoms with Gasteiger partial charge in [-0.25, -0.2) is 23.3 Å². The van der Waals surface area contributed by atoms with Gasteiger partial charge in [-0.2, -0.15) is 13.9 Å². The summed E-state index contributed by atoms with van der Waals surface area (Å²) in [5, 5.41) is 15.9. The minimum atomic E-state index is -2.32. The second-order valence-corrected chi connectivity index (χ2v) is 5.01. The molecule has 0 aliphatic heterocycles. The van der Waals surface area contributed by atoms with Crippen LogP contribution in [0.3, 0.4) is 0 Å². The smallest absolute Gasteiger partial charge is 0.275 e. The largest absolute Gasteiger partial charge is 0.493 e. The Morgan fingerprint density at radius 2 is 1.69 bits per heavy atom. The van der Waals surface area contributed by atoms with Gasteiger partial charge in [-0.1, -0.05) is 5.43 Å². The summed E-state index contributed by atoms with van der Waals surface area (Å²) in [6, 6.07) is 3.58. The van der Waals surface area contributed by atoms with Crippen LogP contribution in [0.15, 0.2) is 28.4 Å². The number of rotatable bonds is 6. The lowest BCUT2D eigenvalue weighted by atomic mass is 10.2. The Hall–Kier alpha value is -3.97. The maximum absolute atomic E-state index is 13.7. The first-order chi connectivity index (χ1) is 13.6. The van der Waals surface area contributed by atoms with E-state index in [0.29, 0.717) is 0 Å².